The van der Waals surface area contributed by atoms with E-state index in [4.69, 9.17) is 4.42 Å². The van der Waals surface area contributed by atoms with Crippen LogP contribution in [-0.4, -0.2) is 0 Å². The molecule has 3 aromatic rings. The van der Waals surface area contributed by atoms with E-state index in [1.807, 2.05) is 24.3 Å². The monoisotopic (exact) mass is 328 g/mol. The molecule has 3 rings (SSSR count). The van der Waals surface area contributed by atoms with Crippen molar-refractivity contribution >= 4 is 26.9 Å². The van der Waals surface area contributed by atoms with Gasteiger partial charge in [0.1, 0.15) is 5.76 Å². The lowest BCUT2D eigenvalue weighted by Crippen LogP contribution is -2.05. The smallest absolute Gasteiger partial charge is 0.221 e. The number of benzene rings is 1. The van der Waals surface area contributed by atoms with Gasteiger partial charge in [-0.3, -0.25) is 9.59 Å². The molecular weight excluding hydrogens is 320 g/mol. The van der Waals surface area contributed by atoms with Crippen LogP contribution in [0, 0.1) is 0 Å². The molecular formula is C16H9BrO3. The van der Waals surface area contributed by atoms with Crippen molar-refractivity contribution in [1.82, 2.24) is 0 Å². The van der Waals surface area contributed by atoms with Gasteiger partial charge in [-0.2, -0.15) is 0 Å². The van der Waals surface area contributed by atoms with E-state index >= 15 is 0 Å². The summed E-state index contributed by atoms with van der Waals surface area (Å²) in [6.45, 7) is 0. The normalized spacial score (nSPS) is 10.7. The van der Waals surface area contributed by atoms with Crippen molar-refractivity contribution < 1.29 is 4.42 Å². The molecule has 0 unspecified atom stereocenters. The molecule has 0 aliphatic carbocycles. The van der Waals surface area contributed by atoms with E-state index in [0.29, 0.717) is 5.76 Å². The minimum atomic E-state index is -0.309. The van der Waals surface area contributed by atoms with Crippen molar-refractivity contribution in [2.45, 2.75) is 0 Å². The van der Waals surface area contributed by atoms with Gasteiger partial charge in [0.05, 0.1) is 5.39 Å². The lowest BCUT2D eigenvalue weighted by atomic mass is 10.1. The third-order valence-corrected chi connectivity index (χ3v) is 3.66. The molecule has 20 heavy (non-hydrogen) atoms. The summed E-state index contributed by atoms with van der Waals surface area (Å²) in [5.74, 6) is 0.373. The summed E-state index contributed by atoms with van der Waals surface area (Å²) < 4.78 is 6.46. The first-order chi connectivity index (χ1) is 9.66. The second-order valence-electron chi connectivity index (χ2n) is 4.28. The fourth-order valence-corrected chi connectivity index (χ4v) is 2.49. The highest BCUT2D eigenvalue weighted by molar-refractivity contribution is 9.10. The first-order valence-electron chi connectivity index (χ1n) is 5.99. The standard InChI is InChI=1S/C16H9BrO3/c17-12-7-3-1-5-10(12)15-9-14(19)11-6-2-4-8-13(18)16(11)20-15/h1-9H. The third-order valence-electron chi connectivity index (χ3n) is 2.97. The van der Waals surface area contributed by atoms with Gasteiger partial charge in [-0.1, -0.05) is 46.3 Å². The second-order valence-corrected chi connectivity index (χ2v) is 5.13. The molecule has 0 aliphatic heterocycles. The van der Waals surface area contributed by atoms with Crippen LogP contribution in [0.5, 0.6) is 0 Å². The van der Waals surface area contributed by atoms with Gasteiger partial charge < -0.3 is 4.42 Å². The van der Waals surface area contributed by atoms with Crippen LogP contribution in [0.1, 0.15) is 0 Å². The Morgan fingerprint density at radius 3 is 2.35 bits per heavy atom. The Morgan fingerprint density at radius 1 is 0.850 bits per heavy atom. The van der Waals surface area contributed by atoms with E-state index in [0.717, 1.165) is 10.0 Å². The van der Waals surface area contributed by atoms with E-state index in [-0.39, 0.29) is 21.8 Å². The molecule has 1 heterocycles. The Kier molecular flexibility index (Phi) is 3.24. The molecule has 0 N–H and O–H groups in total. The van der Waals surface area contributed by atoms with E-state index in [1.54, 1.807) is 18.2 Å². The molecule has 0 radical (unpaired) electrons. The predicted molar refractivity (Wildman–Crippen MR) is 81.9 cm³/mol. The van der Waals surface area contributed by atoms with Crippen molar-refractivity contribution in [2.24, 2.45) is 0 Å². The van der Waals surface area contributed by atoms with Gasteiger partial charge >= 0.3 is 0 Å². The summed E-state index contributed by atoms with van der Waals surface area (Å²) in [6, 6.07) is 15.0. The summed E-state index contributed by atoms with van der Waals surface area (Å²) in [4.78, 5) is 24.1. The SMILES string of the molecule is O=c1cc(-c2ccccc2Br)oc2c(=O)ccccc12. The van der Waals surface area contributed by atoms with Gasteiger partial charge in [-0.15, -0.1) is 0 Å². The predicted octanol–water partition coefficient (Wildman–Crippen LogP) is 3.58. The summed E-state index contributed by atoms with van der Waals surface area (Å²) in [7, 11) is 0. The van der Waals surface area contributed by atoms with Gasteiger partial charge in [0.2, 0.25) is 5.43 Å². The maximum atomic E-state index is 12.2. The summed E-state index contributed by atoms with van der Waals surface area (Å²) in [6.07, 6.45) is 0. The Hall–Kier alpha value is -2.20. The van der Waals surface area contributed by atoms with Gasteiger partial charge in [0.25, 0.3) is 0 Å². The highest BCUT2D eigenvalue weighted by Gasteiger charge is 2.10. The molecule has 98 valence electrons. The van der Waals surface area contributed by atoms with Crippen LogP contribution in [0.3, 0.4) is 0 Å². The molecule has 0 aliphatic rings. The van der Waals surface area contributed by atoms with Gasteiger partial charge in [-0.25, -0.2) is 0 Å². The number of fused-ring (bicyclic) bond motifs is 1. The number of halogens is 1. The van der Waals surface area contributed by atoms with Crippen molar-refractivity contribution in [3.8, 4) is 11.3 Å². The average molecular weight is 329 g/mol. The minimum Gasteiger partial charge on any atom is -0.452 e. The van der Waals surface area contributed by atoms with Crippen molar-refractivity contribution in [2.75, 3.05) is 0 Å². The molecule has 3 nitrogen and oxygen atoms in total. The molecule has 0 fully saturated rings. The van der Waals surface area contributed by atoms with Crippen molar-refractivity contribution in [3.63, 3.8) is 0 Å². The average Bonchev–Trinajstić information content (AvgIpc) is 2.62. The van der Waals surface area contributed by atoms with Crippen LogP contribution >= 0.6 is 15.9 Å². The van der Waals surface area contributed by atoms with Crippen LogP contribution in [0.4, 0.5) is 0 Å². The largest absolute Gasteiger partial charge is 0.452 e. The molecule has 0 atom stereocenters. The fourth-order valence-electron chi connectivity index (χ4n) is 2.01. The Balaban J connectivity index is 2.43. The highest BCUT2D eigenvalue weighted by Crippen LogP contribution is 2.28. The van der Waals surface area contributed by atoms with E-state index < -0.39 is 0 Å². The summed E-state index contributed by atoms with van der Waals surface area (Å²) in [5, 5.41) is 0.288. The maximum Gasteiger partial charge on any atom is 0.221 e. The zero-order valence-electron chi connectivity index (χ0n) is 10.3. The summed E-state index contributed by atoms with van der Waals surface area (Å²) >= 11 is 3.41. The first-order valence-corrected chi connectivity index (χ1v) is 6.78. The number of rotatable bonds is 1. The zero-order valence-corrected chi connectivity index (χ0v) is 11.9. The molecule has 1 aromatic heterocycles. The fraction of sp³-hybridized carbons (Fsp3) is 0. The zero-order chi connectivity index (χ0) is 14.1. The van der Waals surface area contributed by atoms with E-state index in [9.17, 15) is 9.59 Å². The van der Waals surface area contributed by atoms with Crippen LogP contribution in [0.15, 0.2) is 73.1 Å². The number of hydrogen-bond donors (Lipinski definition) is 0. The molecule has 0 amide bonds. The van der Waals surface area contributed by atoms with E-state index in [1.165, 1.54) is 12.1 Å². The van der Waals surface area contributed by atoms with E-state index in [2.05, 4.69) is 15.9 Å². The Morgan fingerprint density at radius 2 is 1.55 bits per heavy atom. The van der Waals surface area contributed by atoms with Gasteiger partial charge in [0.15, 0.2) is 11.0 Å². The third kappa shape index (κ3) is 2.18. The van der Waals surface area contributed by atoms with Gasteiger partial charge in [-0.05, 0) is 18.2 Å². The summed E-state index contributed by atoms with van der Waals surface area (Å²) in [5.41, 5.74) is 0.270. The maximum absolute atomic E-state index is 12.2. The lowest BCUT2D eigenvalue weighted by molar-refractivity contribution is 0.616. The lowest BCUT2D eigenvalue weighted by Gasteiger charge is -2.03. The minimum absolute atomic E-state index is 0.0771. The topological polar surface area (TPSA) is 47.3 Å². The van der Waals surface area contributed by atoms with Crippen LogP contribution < -0.4 is 10.9 Å². The van der Waals surface area contributed by atoms with Crippen molar-refractivity contribution in [1.29, 1.82) is 0 Å². The molecule has 0 saturated carbocycles. The molecule has 0 bridgehead atoms. The van der Waals surface area contributed by atoms with Crippen LogP contribution in [0.25, 0.3) is 22.3 Å². The number of hydrogen-bond acceptors (Lipinski definition) is 3. The second kappa shape index (κ2) is 5.06. The van der Waals surface area contributed by atoms with Crippen molar-refractivity contribution in [3.05, 3.63) is 79.5 Å². The molecule has 0 saturated heterocycles. The van der Waals surface area contributed by atoms with Crippen LogP contribution in [-0.2, 0) is 0 Å². The molecule has 0 spiro atoms. The quantitative estimate of drug-likeness (QED) is 0.685. The Labute approximate surface area is 122 Å². The van der Waals surface area contributed by atoms with Gasteiger partial charge in [0, 0.05) is 16.1 Å². The first kappa shape index (κ1) is 12.8. The van der Waals surface area contributed by atoms with Crippen LogP contribution in [0.2, 0.25) is 0 Å². The molecule has 2 aromatic carbocycles. The Bertz CT molecular complexity index is 913. The highest BCUT2D eigenvalue weighted by atomic mass is 79.9. The molecule has 4 heteroatoms.